The van der Waals surface area contributed by atoms with Crippen LogP contribution >= 0.6 is 11.6 Å². The highest BCUT2D eigenvalue weighted by Crippen LogP contribution is 2.23. The molecule has 0 aliphatic heterocycles. The van der Waals surface area contributed by atoms with Crippen molar-refractivity contribution in [2.45, 2.75) is 19.9 Å². The predicted octanol–water partition coefficient (Wildman–Crippen LogP) is 3.03. The minimum absolute atomic E-state index is 0.0214. The van der Waals surface area contributed by atoms with Crippen LogP contribution in [0.5, 0.6) is 0 Å². The zero-order valence-electron chi connectivity index (χ0n) is 16.5. The smallest absolute Gasteiger partial charge is 0.246 e. The van der Waals surface area contributed by atoms with Gasteiger partial charge >= 0.3 is 0 Å². The number of carbonyl (C=O) groups excluding carboxylic acids is 1. The van der Waals surface area contributed by atoms with Crippen molar-refractivity contribution in [2.75, 3.05) is 17.1 Å². The van der Waals surface area contributed by atoms with E-state index >= 15 is 0 Å². The molecule has 1 heterocycles. The SMILES string of the molecule is CCc1ccccc1N(CC(=O)NCc1nc(-c2ccc(Cl)cc2)no1)S(C)(=O)=O. The van der Waals surface area contributed by atoms with E-state index in [1.807, 2.05) is 19.1 Å². The highest BCUT2D eigenvalue weighted by molar-refractivity contribution is 7.92. The van der Waals surface area contributed by atoms with Crippen LogP contribution in [-0.4, -0.2) is 37.3 Å². The van der Waals surface area contributed by atoms with Crippen LogP contribution in [0.3, 0.4) is 0 Å². The van der Waals surface area contributed by atoms with E-state index < -0.39 is 15.9 Å². The van der Waals surface area contributed by atoms with Gasteiger partial charge in [0.05, 0.1) is 18.5 Å². The Labute approximate surface area is 179 Å². The zero-order chi connectivity index (χ0) is 21.7. The van der Waals surface area contributed by atoms with Gasteiger partial charge in [0.25, 0.3) is 0 Å². The number of aryl methyl sites for hydroxylation is 1. The second-order valence-electron chi connectivity index (χ2n) is 6.55. The van der Waals surface area contributed by atoms with Gasteiger partial charge in [0.2, 0.25) is 27.6 Å². The molecule has 0 fully saturated rings. The number of carbonyl (C=O) groups is 1. The van der Waals surface area contributed by atoms with Crippen molar-refractivity contribution >= 4 is 33.2 Å². The lowest BCUT2D eigenvalue weighted by molar-refractivity contribution is -0.119. The number of anilines is 1. The lowest BCUT2D eigenvalue weighted by Crippen LogP contribution is -2.40. The highest BCUT2D eigenvalue weighted by atomic mass is 35.5. The standard InChI is InChI=1S/C20H21ClN4O4S/c1-3-14-6-4-5-7-17(14)25(30(2,27)28)13-18(26)22-12-19-23-20(24-29-19)15-8-10-16(21)11-9-15/h4-11H,3,12-13H2,1-2H3,(H,22,26). The molecule has 1 amide bonds. The van der Waals surface area contributed by atoms with E-state index in [0.717, 1.165) is 21.7 Å². The molecule has 0 bridgehead atoms. The third kappa shape index (κ3) is 5.37. The maximum atomic E-state index is 12.4. The molecular formula is C20H21ClN4O4S. The molecule has 0 spiro atoms. The summed E-state index contributed by atoms with van der Waals surface area (Å²) in [6, 6.07) is 14.0. The van der Waals surface area contributed by atoms with Gasteiger partial charge in [-0.05, 0) is 42.3 Å². The van der Waals surface area contributed by atoms with Crippen LogP contribution in [-0.2, 0) is 27.8 Å². The van der Waals surface area contributed by atoms with E-state index in [0.29, 0.717) is 23.0 Å². The number of halogens is 1. The molecule has 2 aromatic carbocycles. The minimum Gasteiger partial charge on any atom is -0.345 e. The summed E-state index contributed by atoms with van der Waals surface area (Å²) in [5.41, 5.74) is 2.04. The third-order valence-electron chi connectivity index (χ3n) is 4.34. The Balaban J connectivity index is 1.67. The van der Waals surface area contributed by atoms with E-state index in [-0.39, 0.29) is 19.0 Å². The molecule has 0 radical (unpaired) electrons. The number of hydrogen-bond donors (Lipinski definition) is 1. The van der Waals surface area contributed by atoms with E-state index in [1.165, 1.54) is 0 Å². The molecule has 0 aliphatic carbocycles. The van der Waals surface area contributed by atoms with Gasteiger partial charge in [-0.3, -0.25) is 9.10 Å². The second-order valence-corrected chi connectivity index (χ2v) is 8.89. The molecular weight excluding hydrogens is 428 g/mol. The van der Waals surface area contributed by atoms with Crippen molar-refractivity contribution in [2.24, 2.45) is 0 Å². The van der Waals surface area contributed by atoms with E-state index in [2.05, 4.69) is 15.5 Å². The summed E-state index contributed by atoms with van der Waals surface area (Å²) >= 11 is 5.87. The lowest BCUT2D eigenvalue weighted by atomic mass is 10.1. The van der Waals surface area contributed by atoms with Gasteiger partial charge in [-0.25, -0.2) is 8.42 Å². The molecule has 1 N–H and O–H groups in total. The first-order valence-corrected chi connectivity index (χ1v) is 11.4. The molecule has 8 nitrogen and oxygen atoms in total. The Hall–Kier alpha value is -2.91. The third-order valence-corrected chi connectivity index (χ3v) is 5.71. The molecule has 0 aliphatic rings. The number of amides is 1. The number of hydrogen-bond acceptors (Lipinski definition) is 6. The van der Waals surface area contributed by atoms with Crippen LogP contribution in [0.15, 0.2) is 53.1 Å². The Kier molecular flexibility index (Phi) is 6.73. The number of nitrogens with zero attached hydrogens (tertiary/aromatic N) is 3. The second kappa shape index (κ2) is 9.27. The molecule has 30 heavy (non-hydrogen) atoms. The summed E-state index contributed by atoms with van der Waals surface area (Å²) in [6.07, 6.45) is 1.71. The van der Waals surface area contributed by atoms with Gasteiger partial charge < -0.3 is 9.84 Å². The molecule has 158 valence electrons. The van der Waals surface area contributed by atoms with E-state index in [4.69, 9.17) is 16.1 Å². The first-order chi connectivity index (χ1) is 14.3. The Morgan fingerprint density at radius 1 is 1.17 bits per heavy atom. The quantitative estimate of drug-likeness (QED) is 0.567. The fourth-order valence-corrected chi connectivity index (χ4v) is 3.85. The van der Waals surface area contributed by atoms with Crippen molar-refractivity contribution in [1.82, 2.24) is 15.5 Å². The average molecular weight is 449 g/mol. The summed E-state index contributed by atoms with van der Waals surface area (Å²) in [5, 5.41) is 7.09. The normalized spacial score (nSPS) is 11.3. The van der Waals surface area contributed by atoms with Crippen LogP contribution < -0.4 is 9.62 Å². The number of para-hydroxylation sites is 1. The van der Waals surface area contributed by atoms with Gasteiger partial charge in [-0.1, -0.05) is 41.9 Å². The predicted molar refractivity (Wildman–Crippen MR) is 115 cm³/mol. The molecule has 10 heteroatoms. The first-order valence-electron chi connectivity index (χ1n) is 9.18. The molecule has 0 atom stereocenters. The number of aromatic nitrogens is 2. The molecule has 3 aromatic rings. The van der Waals surface area contributed by atoms with Gasteiger partial charge in [-0.15, -0.1) is 0 Å². The largest absolute Gasteiger partial charge is 0.345 e. The van der Waals surface area contributed by atoms with Crippen LogP contribution in [0.1, 0.15) is 18.4 Å². The number of benzene rings is 2. The number of nitrogens with one attached hydrogen (secondary N) is 1. The Morgan fingerprint density at radius 3 is 2.53 bits per heavy atom. The molecule has 0 saturated heterocycles. The van der Waals surface area contributed by atoms with Crippen molar-refractivity contribution in [3.8, 4) is 11.4 Å². The highest BCUT2D eigenvalue weighted by Gasteiger charge is 2.23. The fourth-order valence-electron chi connectivity index (χ4n) is 2.84. The van der Waals surface area contributed by atoms with Gasteiger partial charge in [0.15, 0.2) is 0 Å². The van der Waals surface area contributed by atoms with Gasteiger partial charge in [0.1, 0.15) is 6.54 Å². The van der Waals surface area contributed by atoms with Crippen LogP contribution in [0.4, 0.5) is 5.69 Å². The zero-order valence-corrected chi connectivity index (χ0v) is 18.1. The summed E-state index contributed by atoms with van der Waals surface area (Å²) in [5.74, 6) is 0.0799. The van der Waals surface area contributed by atoms with Crippen molar-refractivity contribution in [1.29, 1.82) is 0 Å². The average Bonchev–Trinajstić information content (AvgIpc) is 3.19. The van der Waals surface area contributed by atoms with Crippen molar-refractivity contribution in [3.05, 3.63) is 65.0 Å². The van der Waals surface area contributed by atoms with Crippen LogP contribution in [0.2, 0.25) is 5.02 Å². The Morgan fingerprint density at radius 2 is 1.87 bits per heavy atom. The summed E-state index contributed by atoms with van der Waals surface area (Å²) in [7, 11) is -3.65. The monoisotopic (exact) mass is 448 g/mol. The molecule has 0 saturated carbocycles. The summed E-state index contributed by atoms with van der Waals surface area (Å²) < 4.78 is 30.8. The number of rotatable bonds is 8. The molecule has 0 unspecified atom stereocenters. The van der Waals surface area contributed by atoms with Crippen LogP contribution in [0.25, 0.3) is 11.4 Å². The number of sulfonamides is 1. The lowest BCUT2D eigenvalue weighted by Gasteiger charge is -2.24. The first kappa shape index (κ1) is 21.8. The van der Waals surface area contributed by atoms with Crippen LogP contribution in [0, 0.1) is 0 Å². The maximum Gasteiger partial charge on any atom is 0.246 e. The van der Waals surface area contributed by atoms with E-state index in [1.54, 1.807) is 36.4 Å². The molecule has 1 aromatic heterocycles. The fraction of sp³-hybridized carbons (Fsp3) is 0.250. The van der Waals surface area contributed by atoms with E-state index in [9.17, 15) is 13.2 Å². The van der Waals surface area contributed by atoms with Crippen molar-refractivity contribution < 1.29 is 17.7 Å². The summed E-state index contributed by atoms with van der Waals surface area (Å²) in [6.45, 7) is 1.55. The van der Waals surface area contributed by atoms with Gasteiger partial charge in [-0.2, -0.15) is 4.98 Å². The minimum atomic E-state index is -3.65. The maximum absolute atomic E-state index is 12.4. The van der Waals surface area contributed by atoms with Crippen molar-refractivity contribution in [3.63, 3.8) is 0 Å². The topological polar surface area (TPSA) is 105 Å². The molecule has 3 rings (SSSR count). The van der Waals surface area contributed by atoms with Gasteiger partial charge in [0, 0.05) is 10.6 Å². The Bertz CT molecular complexity index is 1130. The summed E-state index contributed by atoms with van der Waals surface area (Å²) in [4.78, 5) is 16.7.